The van der Waals surface area contributed by atoms with Crippen molar-refractivity contribution in [3.05, 3.63) is 24.0 Å². The van der Waals surface area contributed by atoms with Gasteiger partial charge in [0, 0.05) is 0 Å². The van der Waals surface area contributed by atoms with Crippen molar-refractivity contribution in [2.45, 2.75) is 10.8 Å². The number of aliphatic hydroxyl groups excluding tert-OH is 1. The molecule has 9 heteroatoms. The number of rotatable bonds is 5. The third-order valence-electron chi connectivity index (χ3n) is 2.04. The van der Waals surface area contributed by atoms with Gasteiger partial charge in [-0.15, -0.1) is 0 Å². The number of halogens is 3. The van der Waals surface area contributed by atoms with Gasteiger partial charge in [-0.05, 0) is 18.2 Å². The maximum atomic E-state index is 13.4. The molecule has 1 aromatic carbocycles. The predicted octanol–water partition coefficient (Wildman–Crippen LogP) is 0.513. The van der Waals surface area contributed by atoms with E-state index in [4.69, 9.17) is 10.2 Å². The van der Waals surface area contributed by atoms with E-state index in [2.05, 4.69) is 5.32 Å². The van der Waals surface area contributed by atoms with E-state index < -0.39 is 39.8 Å². The zero-order valence-electron chi connectivity index (χ0n) is 9.03. The third kappa shape index (κ3) is 3.86. The molecule has 0 spiro atoms. The number of nitrogens with two attached hydrogens (primary N) is 1. The molecule has 0 atom stereocenters. The molecule has 0 heterocycles. The van der Waals surface area contributed by atoms with Gasteiger partial charge in [0.15, 0.2) is 0 Å². The van der Waals surface area contributed by atoms with Crippen LogP contribution in [-0.4, -0.2) is 32.6 Å². The maximum absolute atomic E-state index is 13.4. The number of primary sulfonamides is 1. The fraction of sp³-hybridized carbons (Fsp3) is 0.333. The Balaban J connectivity index is 2.88. The van der Waals surface area contributed by atoms with E-state index in [1.165, 1.54) is 0 Å². The molecule has 0 fully saturated rings. The number of hydrogen-bond acceptors (Lipinski definition) is 4. The van der Waals surface area contributed by atoms with Crippen LogP contribution in [0.5, 0.6) is 0 Å². The lowest BCUT2D eigenvalue weighted by atomic mass is 10.3. The molecule has 102 valence electrons. The van der Waals surface area contributed by atoms with Crippen molar-refractivity contribution in [3.8, 4) is 0 Å². The topological polar surface area (TPSA) is 92.4 Å². The number of alkyl halides is 2. The number of anilines is 1. The van der Waals surface area contributed by atoms with E-state index in [1.807, 2.05) is 0 Å². The molecule has 0 bridgehead atoms. The van der Waals surface area contributed by atoms with Crippen molar-refractivity contribution >= 4 is 15.7 Å². The maximum Gasteiger partial charge on any atom is 0.287 e. The molecule has 18 heavy (non-hydrogen) atoms. The third-order valence-corrected chi connectivity index (χ3v) is 2.95. The first-order valence-electron chi connectivity index (χ1n) is 4.71. The molecule has 1 aromatic rings. The van der Waals surface area contributed by atoms with Crippen molar-refractivity contribution < 1.29 is 26.7 Å². The molecule has 0 aliphatic carbocycles. The van der Waals surface area contributed by atoms with Crippen LogP contribution in [0.1, 0.15) is 0 Å². The molecule has 0 radical (unpaired) electrons. The summed E-state index contributed by atoms with van der Waals surface area (Å²) in [7, 11) is -4.05. The first-order valence-corrected chi connectivity index (χ1v) is 6.25. The highest BCUT2D eigenvalue weighted by molar-refractivity contribution is 7.89. The second-order valence-corrected chi connectivity index (χ2v) is 5.12. The molecule has 0 aliphatic rings. The molecule has 0 saturated carbocycles. The van der Waals surface area contributed by atoms with E-state index in [-0.39, 0.29) is 5.69 Å². The lowest BCUT2D eigenvalue weighted by Gasteiger charge is -2.15. The Morgan fingerprint density at radius 3 is 2.44 bits per heavy atom. The zero-order chi connectivity index (χ0) is 14.0. The number of aliphatic hydroxyl groups is 1. The van der Waals surface area contributed by atoms with Crippen LogP contribution >= 0.6 is 0 Å². The Bertz CT molecular complexity index is 534. The average molecular weight is 284 g/mol. The monoisotopic (exact) mass is 284 g/mol. The van der Waals surface area contributed by atoms with Crippen LogP contribution < -0.4 is 10.5 Å². The lowest BCUT2D eigenvalue weighted by Crippen LogP contribution is -2.31. The molecule has 0 amide bonds. The van der Waals surface area contributed by atoms with Gasteiger partial charge in [0.05, 0.1) is 17.1 Å². The predicted molar refractivity (Wildman–Crippen MR) is 58.3 cm³/mol. The van der Waals surface area contributed by atoms with Crippen LogP contribution in [0, 0.1) is 5.82 Å². The lowest BCUT2D eigenvalue weighted by molar-refractivity contribution is -0.0373. The summed E-state index contributed by atoms with van der Waals surface area (Å²) in [6.07, 6.45) is 0. The Labute approximate surface area is 101 Å². The number of benzene rings is 1. The number of hydrogen-bond donors (Lipinski definition) is 3. The summed E-state index contributed by atoms with van der Waals surface area (Å²) in [5, 5.41) is 15.1. The first kappa shape index (κ1) is 14.7. The number of sulfonamides is 1. The highest BCUT2D eigenvalue weighted by atomic mass is 32.2. The van der Waals surface area contributed by atoms with Gasteiger partial charge in [0.2, 0.25) is 10.0 Å². The van der Waals surface area contributed by atoms with Crippen molar-refractivity contribution in [2.75, 3.05) is 18.5 Å². The van der Waals surface area contributed by atoms with Gasteiger partial charge in [-0.2, -0.15) is 0 Å². The molecule has 0 unspecified atom stereocenters. The Hall–Kier alpha value is -1.32. The molecule has 1 rings (SSSR count). The molecular formula is C9H11F3N2O3S. The summed E-state index contributed by atoms with van der Waals surface area (Å²) in [6.45, 7) is -2.36. The summed E-state index contributed by atoms with van der Waals surface area (Å²) in [6, 6.07) is 2.58. The zero-order valence-corrected chi connectivity index (χ0v) is 9.85. The van der Waals surface area contributed by atoms with E-state index in [0.717, 1.165) is 12.1 Å². The van der Waals surface area contributed by atoms with E-state index in [0.29, 0.717) is 6.07 Å². The summed E-state index contributed by atoms with van der Waals surface area (Å²) in [5.74, 6) is -4.43. The highest BCUT2D eigenvalue weighted by Gasteiger charge is 2.27. The summed E-state index contributed by atoms with van der Waals surface area (Å²) < 4.78 is 60.5. The largest absolute Gasteiger partial charge is 0.390 e. The van der Waals surface area contributed by atoms with Crippen molar-refractivity contribution in [1.29, 1.82) is 0 Å². The molecule has 0 aliphatic heterocycles. The summed E-state index contributed by atoms with van der Waals surface area (Å²) in [5.41, 5.74) is -0.310. The van der Waals surface area contributed by atoms with Gasteiger partial charge in [-0.25, -0.2) is 26.7 Å². The van der Waals surface area contributed by atoms with E-state index in [9.17, 15) is 21.6 Å². The average Bonchev–Trinajstić information content (AvgIpc) is 2.26. The van der Waals surface area contributed by atoms with Crippen LogP contribution in [0.3, 0.4) is 0 Å². The van der Waals surface area contributed by atoms with Gasteiger partial charge in [-0.3, -0.25) is 0 Å². The molecule has 0 aromatic heterocycles. The minimum atomic E-state index is -4.05. The number of nitrogens with one attached hydrogen (secondary N) is 1. The summed E-state index contributed by atoms with van der Waals surface area (Å²) >= 11 is 0. The van der Waals surface area contributed by atoms with Crippen molar-refractivity contribution in [3.63, 3.8) is 0 Å². The first-order chi connectivity index (χ1) is 8.15. The van der Waals surface area contributed by atoms with Gasteiger partial charge in [0.1, 0.15) is 12.4 Å². The normalized spacial score (nSPS) is 12.5. The minimum Gasteiger partial charge on any atom is -0.390 e. The van der Waals surface area contributed by atoms with E-state index >= 15 is 0 Å². The van der Waals surface area contributed by atoms with E-state index in [1.54, 1.807) is 0 Å². The Morgan fingerprint density at radius 1 is 1.39 bits per heavy atom. The molecular weight excluding hydrogens is 273 g/mol. The Kier molecular flexibility index (Phi) is 4.20. The van der Waals surface area contributed by atoms with Gasteiger partial charge in [0.25, 0.3) is 5.92 Å². The smallest absolute Gasteiger partial charge is 0.287 e. The molecule has 0 saturated heterocycles. The fourth-order valence-electron chi connectivity index (χ4n) is 1.10. The van der Waals surface area contributed by atoms with Crippen LogP contribution in [0.4, 0.5) is 18.9 Å². The van der Waals surface area contributed by atoms with Gasteiger partial charge < -0.3 is 10.4 Å². The molecule has 4 N–H and O–H groups in total. The van der Waals surface area contributed by atoms with Gasteiger partial charge >= 0.3 is 0 Å². The standard InChI is InChI=1S/C9H11F3N2O3S/c10-7-3-6(18(13,16)17)1-2-8(7)14-4-9(11,12)5-15/h1-3,14-15H,4-5H2,(H2,13,16,17). The quantitative estimate of drug-likeness (QED) is 0.734. The Morgan fingerprint density at radius 2 is 2.00 bits per heavy atom. The van der Waals surface area contributed by atoms with Crippen LogP contribution in [0.2, 0.25) is 0 Å². The minimum absolute atomic E-state index is 0.310. The fourth-order valence-corrected chi connectivity index (χ4v) is 1.62. The SMILES string of the molecule is NS(=O)(=O)c1ccc(NCC(F)(F)CO)c(F)c1. The van der Waals surface area contributed by atoms with Crippen LogP contribution in [0.25, 0.3) is 0 Å². The van der Waals surface area contributed by atoms with Gasteiger partial charge in [-0.1, -0.05) is 0 Å². The van der Waals surface area contributed by atoms with Crippen LogP contribution in [0.15, 0.2) is 23.1 Å². The second-order valence-electron chi connectivity index (χ2n) is 3.55. The van der Waals surface area contributed by atoms with Crippen molar-refractivity contribution in [2.24, 2.45) is 5.14 Å². The second kappa shape index (κ2) is 5.12. The summed E-state index contributed by atoms with van der Waals surface area (Å²) in [4.78, 5) is -0.459. The highest BCUT2D eigenvalue weighted by Crippen LogP contribution is 2.20. The van der Waals surface area contributed by atoms with Crippen molar-refractivity contribution in [1.82, 2.24) is 0 Å². The molecule has 5 nitrogen and oxygen atoms in total. The van der Waals surface area contributed by atoms with Crippen LogP contribution in [-0.2, 0) is 10.0 Å².